The van der Waals surface area contributed by atoms with Gasteiger partial charge in [-0.3, -0.25) is 9.52 Å². The predicted octanol–water partition coefficient (Wildman–Crippen LogP) is 1.51. The Balaban J connectivity index is 0.00000124. The van der Waals surface area contributed by atoms with Gasteiger partial charge >= 0.3 is 0 Å². The topological polar surface area (TPSA) is 130 Å². The van der Waals surface area contributed by atoms with Crippen LogP contribution in [0.15, 0.2) is 40.9 Å². The van der Waals surface area contributed by atoms with Gasteiger partial charge in [0.2, 0.25) is 11.2 Å². The highest BCUT2D eigenvalue weighted by Crippen LogP contribution is 2.30. The van der Waals surface area contributed by atoms with E-state index in [4.69, 9.17) is 15.6 Å². The molecule has 1 saturated heterocycles. The number of aromatic nitrogens is 1. The van der Waals surface area contributed by atoms with Gasteiger partial charge in [0.25, 0.3) is 0 Å². The van der Waals surface area contributed by atoms with Crippen LogP contribution in [0.4, 0.5) is 11.5 Å². The fraction of sp³-hybridized carbons (Fsp3) is 0.350. The Hall–Kier alpha value is -2.98. The van der Waals surface area contributed by atoms with Crippen molar-refractivity contribution in [3.63, 3.8) is 0 Å². The number of amidine groups is 1. The van der Waals surface area contributed by atoms with Gasteiger partial charge < -0.3 is 20.5 Å². The van der Waals surface area contributed by atoms with Crippen LogP contribution in [0, 0.1) is 5.92 Å². The zero-order valence-corrected chi connectivity index (χ0v) is 17.5. The number of aliphatic hydroxyl groups excluding tert-OH is 1. The second-order valence-electron chi connectivity index (χ2n) is 6.84. The SMILES string of the molecule is CO.NC1=NS(=O)Nc2cccc(OCC3CCCN(c4ccc(C=O)cn4)C3)c21. The number of pyridine rings is 1. The molecule has 0 radical (unpaired) electrons. The summed E-state index contributed by atoms with van der Waals surface area (Å²) in [6, 6.07) is 9.15. The van der Waals surface area contributed by atoms with Gasteiger partial charge in [-0.15, -0.1) is 0 Å². The minimum absolute atomic E-state index is 0.215. The van der Waals surface area contributed by atoms with E-state index in [0.29, 0.717) is 35.1 Å². The largest absolute Gasteiger partial charge is 0.492 e. The van der Waals surface area contributed by atoms with E-state index in [2.05, 4.69) is 19.0 Å². The number of nitrogens with zero attached hydrogens (tertiary/aromatic N) is 3. The fourth-order valence-corrected chi connectivity index (χ4v) is 4.20. The van der Waals surface area contributed by atoms with E-state index in [0.717, 1.165) is 45.1 Å². The number of ether oxygens (including phenoxy) is 1. The second kappa shape index (κ2) is 10.2. The van der Waals surface area contributed by atoms with Gasteiger partial charge in [-0.25, -0.2) is 9.19 Å². The molecule has 2 aliphatic rings. The van der Waals surface area contributed by atoms with Gasteiger partial charge in [-0.2, -0.15) is 4.40 Å². The van der Waals surface area contributed by atoms with Crippen molar-refractivity contribution in [1.29, 1.82) is 0 Å². The van der Waals surface area contributed by atoms with Gasteiger partial charge in [0.05, 0.1) is 17.9 Å². The highest BCUT2D eigenvalue weighted by molar-refractivity contribution is 7.85. The van der Waals surface area contributed by atoms with Crippen molar-refractivity contribution in [3.8, 4) is 5.75 Å². The van der Waals surface area contributed by atoms with Gasteiger partial charge in [-0.05, 0) is 37.1 Å². The number of anilines is 2. The van der Waals surface area contributed by atoms with E-state index < -0.39 is 11.2 Å². The van der Waals surface area contributed by atoms with E-state index in [1.54, 1.807) is 18.3 Å². The standard InChI is InChI=1S/C19H21N5O3S.CH4O/c20-19-18-15(22-28(26)23-19)4-1-5-16(18)27-12-14-3-2-8-24(10-14)17-7-6-13(11-25)9-21-17;1-2/h1,4-7,9,11,14,22H,2-3,8,10,12H2,(H2,20,23);2H,1H3. The van der Waals surface area contributed by atoms with Gasteiger partial charge in [-0.1, -0.05) is 6.07 Å². The molecule has 1 fully saturated rings. The van der Waals surface area contributed by atoms with Crippen LogP contribution < -0.4 is 20.1 Å². The Morgan fingerprint density at radius 2 is 2.20 bits per heavy atom. The molecule has 0 spiro atoms. The average molecular weight is 432 g/mol. The molecule has 10 heteroatoms. The Labute approximate surface area is 177 Å². The number of benzene rings is 1. The van der Waals surface area contributed by atoms with Crippen molar-refractivity contribution < 1.29 is 18.8 Å². The molecular formula is C20H25N5O4S. The molecular weight excluding hydrogens is 406 g/mol. The lowest BCUT2D eigenvalue weighted by Gasteiger charge is -2.33. The minimum atomic E-state index is -1.55. The lowest BCUT2D eigenvalue weighted by molar-refractivity contribution is 0.112. The molecule has 2 unspecified atom stereocenters. The van der Waals surface area contributed by atoms with Crippen molar-refractivity contribution in [2.24, 2.45) is 16.0 Å². The number of hydrogen-bond donors (Lipinski definition) is 3. The van der Waals surface area contributed by atoms with Gasteiger partial charge in [0.15, 0.2) is 6.29 Å². The molecule has 1 aromatic carbocycles. The number of piperidine rings is 1. The molecule has 2 aliphatic heterocycles. The maximum Gasteiger partial charge on any atom is 0.245 e. The number of carbonyl (C=O) groups excluding carboxylic acids is 1. The molecule has 0 aliphatic carbocycles. The lowest BCUT2D eigenvalue weighted by Crippen LogP contribution is -2.38. The van der Waals surface area contributed by atoms with E-state index in [9.17, 15) is 9.00 Å². The van der Waals surface area contributed by atoms with Crippen molar-refractivity contribution in [2.45, 2.75) is 12.8 Å². The molecule has 30 heavy (non-hydrogen) atoms. The molecule has 9 nitrogen and oxygen atoms in total. The molecule has 160 valence electrons. The first-order valence-electron chi connectivity index (χ1n) is 9.54. The van der Waals surface area contributed by atoms with Crippen LogP contribution in [0.5, 0.6) is 5.75 Å². The van der Waals surface area contributed by atoms with Crippen LogP contribution in [-0.2, 0) is 11.2 Å². The summed E-state index contributed by atoms with van der Waals surface area (Å²) in [5, 5.41) is 7.00. The summed E-state index contributed by atoms with van der Waals surface area (Å²) in [5.74, 6) is 2.05. The Kier molecular flexibility index (Phi) is 7.36. The zero-order valence-electron chi connectivity index (χ0n) is 16.7. The highest BCUT2D eigenvalue weighted by atomic mass is 32.2. The fourth-order valence-electron chi connectivity index (χ4n) is 3.52. The summed E-state index contributed by atoms with van der Waals surface area (Å²) in [5.41, 5.74) is 7.85. The van der Waals surface area contributed by atoms with E-state index in [-0.39, 0.29) is 5.84 Å². The average Bonchev–Trinajstić information content (AvgIpc) is 2.79. The number of carbonyl (C=O) groups is 1. The smallest absolute Gasteiger partial charge is 0.245 e. The summed E-state index contributed by atoms with van der Waals surface area (Å²) in [4.78, 5) is 17.4. The third kappa shape index (κ3) is 4.95. The Morgan fingerprint density at radius 1 is 1.37 bits per heavy atom. The quantitative estimate of drug-likeness (QED) is 0.612. The van der Waals surface area contributed by atoms with Crippen LogP contribution in [0.3, 0.4) is 0 Å². The third-order valence-corrected chi connectivity index (χ3v) is 5.64. The summed E-state index contributed by atoms with van der Waals surface area (Å²) in [6.07, 6.45) is 4.49. The van der Waals surface area contributed by atoms with Crippen LogP contribution in [0.2, 0.25) is 0 Å². The van der Waals surface area contributed by atoms with Crippen LogP contribution in [0.25, 0.3) is 0 Å². The first-order chi connectivity index (χ1) is 14.6. The summed E-state index contributed by atoms with van der Waals surface area (Å²) < 4.78 is 24.4. The van der Waals surface area contributed by atoms with Crippen LogP contribution in [0.1, 0.15) is 28.8 Å². The predicted molar refractivity (Wildman–Crippen MR) is 117 cm³/mol. The minimum Gasteiger partial charge on any atom is -0.492 e. The number of aldehydes is 1. The van der Waals surface area contributed by atoms with Gasteiger partial charge in [0, 0.05) is 37.9 Å². The summed E-state index contributed by atoms with van der Waals surface area (Å²) in [7, 11) is 1.00. The number of hydrogen-bond acceptors (Lipinski definition) is 7. The maximum absolute atomic E-state index is 11.6. The van der Waals surface area contributed by atoms with Crippen LogP contribution >= 0.6 is 0 Å². The highest BCUT2D eigenvalue weighted by Gasteiger charge is 2.24. The van der Waals surface area contributed by atoms with E-state index in [1.807, 2.05) is 18.2 Å². The summed E-state index contributed by atoms with van der Waals surface area (Å²) >= 11 is -1.55. The third-order valence-electron chi connectivity index (χ3n) is 4.89. The molecule has 0 bridgehead atoms. The summed E-state index contributed by atoms with van der Waals surface area (Å²) in [6.45, 7) is 2.30. The maximum atomic E-state index is 11.6. The van der Waals surface area contributed by atoms with Gasteiger partial charge in [0.1, 0.15) is 17.4 Å². The number of aliphatic hydroxyl groups is 1. The van der Waals surface area contributed by atoms with Crippen molar-refractivity contribution in [2.75, 3.05) is 36.4 Å². The number of rotatable bonds is 5. The molecule has 3 heterocycles. The number of nitrogens with two attached hydrogens (primary N) is 1. The monoisotopic (exact) mass is 431 g/mol. The Morgan fingerprint density at radius 3 is 2.93 bits per heavy atom. The molecule has 0 amide bonds. The van der Waals surface area contributed by atoms with Crippen molar-refractivity contribution in [3.05, 3.63) is 47.7 Å². The van der Waals surface area contributed by atoms with Crippen LogP contribution in [-0.4, -0.2) is 53.2 Å². The molecule has 2 atom stereocenters. The van der Waals surface area contributed by atoms with E-state index in [1.165, 1.54) is 0 Å². The number of fused-ring (bicyclic) bond motifs is 1. The molecule has 4 N–H and O–H groups in total. The Bertz CT molecular complexity index is 935. The molecule has 0 saturated carbocycles. The normalized spacial score (nSPS) is 20.1. The van der Waals surface area contributed by atoms with E-state index >= 15 is 0 Å². The lowest BCUT2D eigenvalue weighted by atomic mass is 9.99. The number of nitrogens with one attached hydrogen (secondary N) is 1. The second-order valence-corrected chi connectivity index (χ2v) is 7.72. The molecule has 1 aromatic heterocycles. The molecule has 2 aromatic rings. The zero-order chi connectivity index (χ0) is 21.5. The first-order valence-corrected chi connectivity index (χ1v) is 10.6. The first kappa shape index (κ1) is 21.7. The van der Waals surface area contributed by atoms with Crippen molar-refractivity contribution >= 4 is 34.8 Å². The molecule has 4 rings (SSSR count). The van der Waals surface area contributed by atoms with Crippen molar-refractivity contribution in [1.82, 2.24) is 4.98 Å².